The molecule has 0 radical (unpaired) electrons. The number of nitrogens with two attached hydrogens (primary N) is 1. The normalized spacial score (nSPS) is 11.5. The summed E-state index contributed by atoms with van der Waals surface area (Å²) in [6.45, 7) is 6.40. The number of thioether (sulfide) groups is 1. The molecule has 1 amide bonds. The van der Waals surface area contributed by atoms with Gasteiger partial charge in [-0.1, -0.05) is 56.8 Å². The van der Waals surface area contributed by atoms with Crippen LogP contribution in [0, 0.1) is 11.6 Å². The third kappa shape index (κ3) is 4.92. The number of halogens is 2. The van der Waals surface area contributed by atoms with E-state index in [9.17, 15) is 13.6 Å². The smallest absolute Gasteiger partial charge is 0.234 e. The first-order valence-corrected chi connectivity index (χ1v) is 9.83. The van der Waals surface area contributed by atoms with Crippen LogP contribution < -0.4 is 11.2 Å². The molecule has 0 saturated carbocycles. The molecule has 9 heteroatoms. The van der Waals surface area contributed by atoms with Crippen molar-refractivity contribution in [2.24, 2.45) is 0 Å². The van der Waals surface area contributed by atoms with Crippen molar-refractivity contribution >= 4 is 23.4 Å². The van der Waals surface area contributed by atoms with Gasteiger partial charge in [0, 0.05) is 17.3 Å². The van der Waals surface area contributed by atoms with E-state index in [4.69, 9.17) is 5.84 Å². The molecule has 0 fully saturated rings. The van der Waals surface area contributed by atoms with E-state index in [-0.39, 0.29) is 16.9 Å². The van der Waals surface area contributed by atoms with Gasteiger partial charge in [0.1, 0.15) is 0 Å². The summed E-state index contributed by atoms with van der Waals surface area (Å²) in [4.78, 5) is 12.1. The van der Waals surface area contributed by atoms with Gasteiger partial charge < -0.3 is 11.2 Å². The van der Waals surface area contributed by atoms with E-state index in [2.05, 4.69) is 36.3 Å². The first kappa shape index (κ1) is 20.8. The molecule has 0 unspecified atom stereocenters. The largest absolute Gasteiger partial charge is 0.335 e. The number of nitrogens with one attached hydrogen (secondary N) is 1. The molecule has 0 bridgehead atoms. The number of carbonyl (C=O) groups excluding carboxylic acids is 1. The molecule has 3 N–H and O–H groups in total. The van der Waals surface area contributed by atoms with Gasteiger partial charge in [0.25, 0.3) is 0 Å². The second kappa shape index (κ2) is 8.20. The van der Waals surface area contributed by atoms with Gasteiger partial charge in [0.2, 0.25) is 11.1 Å². The van der Waals surface area contributed by atoms with Crippen LogP contribution in [-0.4, -0.2) is 26.5 Å². The number of nitrogen functional groups attached to an aromatic ring is 1. The fraction of sp³-hybridized carbons (Fsp3) is 0.250. The maximum atomic E-state index is 13.2. The Kier molecular flexibility index (Phi) is 5.88. The molecule has 3 rings (SSSR count). The van der Waals surface area contributed by atoms with E-state index < -0.39 is 17.5 Å². The van der Waals surface area contributed by atoms with E-state index >= 15 is 0 Å². The average molecular weight is 417 g/mol. The lowest BCUT2D eigenvalue weighted by Gasteiger charge is -2.19. The summed E-state index contributed by atoms with van der Waals surface area (Å²) in [5, 5.41) is 11.0. The van der Waals surface area contributed by atoms with Gasteiger partial charge in [0.15, 0.2) is 17.5 Å². The second-order valence-electron chi connectivity index (χ2n) is 7.47. The molecule has 3 aromatic rings. The molecule has 0 saturated heterocycles. The van der Waals surface area contributed by atoms with Crippen molar-refractivity contribution in [1.82, 2.24) is 14.9 Å². The molecule has 29 heavy (non-hydrogen) atoms. The third-order valence-electron chi connectivity index (χ3n) is 4.21. The number of aromatic nitrogens is 3. The van der Waals surface area contributed by atoms with Crippen molar-refractivity contribution < 1.29 is 13.6 Å². The fourth-order valence-corrected chi connectivity index (χ4v) is 3.25. The van der Waals surface area contributed by atoms with E-state index in [0.29, 0.717) is 11.0 Å². The summed E-state index contributed by atoms with van der Waals surface area (Å²) < 4.78 is 27.5. The Labute approximate surface area is 171 Å². The number of amides is 1. The van der Waals surface area contributed by atoms with Gasteiger partial charge in [-0.2, -0.15) is 0 Å². The molecule has 152 valence electrons. The molecular formula is C20H21F2N5OS. The van der Waals surface area contributed by atoms with Crippen LogP contribution in [0.15, 0.2) is 47.6 Å². The van der Waals surface area contributed by atoms with Gasteiger partial charge in [-0.25, -0.2) is 13.5 Å². The van der Waals surface area contributed by atoms with Crippen LogP contribution in [0.4, 0.5) is 14.5 Å². The first-order valence-electron chi connectivity index (χ1n) is 8.84. The molecule has 0 aliphatic heterocycles. The standard InChI is InChI=1S/C20H21F2N5OS/c1-20(2,3)13-6-4-12(5-7-13)18-25-26-19(27(18)23)29-11-17(28)24-14-8-9-15(21)16(22)10-14/h4-10H,11,23H2,1-3H3,(H,24,28). The highest BCUT2D eigenvalue weighted by Gasteiger charge is 2.17. The Morgan fingerprint density at radius 2 is 1.79 bits per heavy atom. The maximum absolute atomic E-state index is 13.2. The zero-order chi connectivity index (χ0) is 21.2. The molecule has 1 heterocycles. The molecule has 0 atom stereocenters. The van der Waals surface area contributed by atoms with Crippen molar-refractivity contribution in [1.29, 1.82) is 0 Å². The molecule has 2 aromatic carbocycles. The highest BCUT2D eigenvalue weighted by atomic mass is 32.2. The maximum Gasteiger partial charge on any atom is 0.234 e. The number of rotatable bonds is 5. The lowest BCUT2D eigenvalue weighted by atomic mass is 9.87. The van der Waals surface area contributed by atoms with Gasteiger partial charge in [-0.3, -0.25) is 4.79 Å². The number of nitrogens with zero attached hydrogens (tertiary/aromatic N) is 3. The van der Waals surface area contributed by atoms with Crippen LogP contribution >= 0.6 is 11.8 Å². The topological polar surface area (TPSA) is 85.8 Å². The summed E-state index contributed by atoms with van der Waals surface area (Å²) >= 11 is 1.09. The van der Waals surface area contributed by atoms with Crippen molar-refractivity contribution in [2.75, 3.05) is 16.9 Å². The van der Waals surface area contributed by atoms with Crippen molar-refractivity contribution in [3.63, 3.8) is 0 Å². The van der Waals surface area contributed by atoms with Crippen LogP contribution in [0.2, 0.25) is 0 Å². The minimum atomic E-state index is -1.03. The zero-order valence-electron chi connectivity index (χ0n) is 16.2. The summed E-state index contributed by atoms with van der Waals surface area (Å²) in [6, 6.07) is 11.1. The molecule has 0 spiro atoms. The second-order valence-corrected chi connectivity index (χ2v) is 8.41. The minimum absolute atomic E-state index is 0.0166. The Hall–Kier alpha value is -2.94. The Bertz CT molecular complexity index is 1030. The predicted octanol–water partition coefficient (Wildman–Crippen LogP) is 3.97. The van der Waals surface area contributed by atoms with Gasteiger partial charge >= 0.3 is 0 Å². The van der Waals surface area contributed by atoms with Crippen LogP contribution in [0.1, 0.15) is 26.3 Å². The fourth-order valence-electron chi connectivity index (χ4n) is 2.59. The van der Waals surface area contributed by atoms with Crippen LogP contribution in [0.3, 0.4) is 0 Å². The highest BCUT2D eigenvalue weighted by molar-refractivity contribution is 7.99. The minimum Gasteiger partial charge on any atom is -0.335 e. The molecule has 0 aliphatic carbocycles. The predicted molar refractivity (Wildman–Crippen MR) is 110 cm³/mol. The average Bonchev–Trinajstić information content (AvgIpc) is 3.03. The van der Waals surface area contributed by atoms with Gasteiger partial charge in [-0.05, 0) is 23.1 Å². The lowest BCUT2D eigenvalue weighted by Crippen LogP contribution is -2.16. The number of benzene rings is 2. The van der Waals surface area contributed by atoms with Gasteiger partial charge in [-0.15, -0.1) is 10.2 Å². The summed E-state index contributed by atoms with van der Waals surface area (Å²) in [7, 11) is 0. The van der Waals surface area contributed by atoms with Crippen molar-refractivity contribution in [3.05, 3.63) is 59.7 Å². The highest BCUT2D eigenvalue weighted by Crippen LogP contribution is 2.26. The van der Waals surface area contributed by atoms with E-state index in [1.807, 2.05) is 24.3 Å². The van der Waals surface area contributed by atoms with E-state index in [1.54, 1.807) is 0 Å². The van der Waals surface area contributed by atoms with E-state index in [1.165, 1.54) is 16.3 Å². The van der Waals surface area contributed by atoms with Crippen molar-refractivity contribution in [2.45, 2.75) is 31.3 Å². The number of carbonyl (C=O) groups is 1. The Balaban J connectivity index is 1.65. The Morgan fingerprint density at radius 1 is 1.10 bits per heavy atom. The van der Waals surface area contributed by atoms with Crippen molar-refractivity contribution in [3.8, 4) is 11.4 Å². The summed E-state index contributed by atoms with van der Waals surface area (Å²) in [6.07, 6.45) is 0. The third-order valence-corrected chi connectivity index (χ3v) is 5.15. The van der Waals surface area contributed by atoms with Gasteiger partial charge in [0.05, 0.1) is 5.75 Å². The first-order chi connectivity index (χ1) is 13.6. The Morgan fingerprint density at radius 3 is 2.41 bits per heavy atom. The quantitative estimate of drug-likeness (QED) is 0.485. The van der Waals surface area contributed by atoms with E-state index in [0.717, 1.165) is 29.5 Å². The SMILES string of the molecule is CC(C)(C)c1ccc(-c2nnc(SCC(=O)Nc3ccc(F)c(F)c3)n2N)cc1. The summed E-state index contributed by atoms with van der Waals surface area (Å²) in [5.74, 6) is 4.14. The van der Waals surface area contributed by atoms with Crippen LogP contribution in [0.5, 0.6) is 0 Å². The molecule has 6 nitrogen and oxygen atoms in total. The molecular weight excluding hydrogens is 396 g/mol. The number of hydrogen-bond donors (Lipinski definition) is 2. The molecule has 1 aromatic heterocycles. The van der Waals surface area contributed by atoms with Crippen LogP contribution in [-0.2, 0) is 10.2 Å². The lowest BCUT2D eigenvalue weighted by molar-refractivity contribution is -0.113. The number of anilines is 1. The van der Waals surface area contributed by atoms with Crippen LogP contribution in [0.25, 0.3) is 11.4 Å². The monoisotopic (exact) mass is 417 g/mol. The molecule has 0 aliphatic rings. The summed E-state index contributed by atoms with van der Waals surface area (Å²) in [5.41, 5.74) is 2.21. The zero-order valence-corrected chi connectivity index (χ0v) is 17.1. The number of hydrogen-bond acceptors (Lipinski definition) is 5.